The molecule has 1 heterocycles. The second kappa shape index (κ2) is 4.13. The SMILES string of the molecule is CNc1nc2c(cc1C#N)CC(C)CC2C. The fourth-order valence-corrected chi connectivity index (χ4v) is 2.61. The first-order valence-corrected chi connectivity index (χ1v) is 5.77. The lowest BCUT2D eigenvalue weighted by molar-refractivity contribution is 0.441. The zero-order chi connectivity index (χ0) is 11.7. The van der Waals surface area contributed by atoms with Crippen molar-refractivity contribution in [3.8, 4) is 6.07 Å². The number of anilines is 1. The molecule has 0 spiro atoms. The van der Waals surface area contributed by atoms with Crippen LogP contribution >= 0.6 is 0 Å². The van der Waals surface area contributed by atoms with Gasteiger partial charge in [-0.05, 0) is 36.3 Å². The van der Waals surface area contributed by atoms with Crippen LogP contribution in [-0.2, 0) is 6.42 Å². The second-order valence-electron chi connectivity index (χ2n) is 4.74. The molecule has 0 radical (unpaired) electrons. The van der Waals surface area contributed by atoms with E-state index in [1.54, 1.807) is 0 Å². The molecule has 0 bridgehead atoms. The number of nitrogens with one attached hydrogen (secondary N) is 1. The zero-order valence-corrected chi connectivity index (χ0v) is 10.0. The first-order chi connectivity index (χ1) is 7.65. The van der Waals surface area contributed by atoms with E-state index in [-0.39, 0.29) is 0 Å². The molecule has 0 aliphatic heterocycles. The first-order valence-electron chi connectivity index (χ1n) is 5.77. The maximum atomic E-state index is 9.05. The molecule has 0 amide bonds. The molecule has 16 heavy (non-hydrogen) atoms. The Morgan fingerprint density at radius 3 is 2.88 bits per heavy atom. The molecule has 1 aromatic heterocycles. The average molecular weight is 215 g/mol. The monoisotopic (exact) mass is 215 g/mol. The molecule has 1 N–H and O–H groups in total. The van der Waals surface area contributed by atoms with Crippen LogP contribution in [0.3, 0.4) is 0 Å². The van der Waals surface area contributed by atoms with E-state index in [0.29, 0.717) is 23.2 Å². The molecular formula is C13H17N3. The van der Waals surface area contributed by atoms with Crippen molar-refractivity contribution in [2.45, 2.75) is 32.6 Å². The molecule has 1 aliphatic carbocycles. The standard InChI is InChI=1S/C13H17N3/c1-8-4-9(2)12-10(5-8)6-11(7-14)13(15-3)16-12/h6,8-9H,4-5H2,1-3H3,(H,15,16). The molecule has 1 aliphatic rings. The first kappa shape index (κ1) is 10.9. The summed E-state index contributed by atoms with van der Waals surface area (Å²) in [5.74, 6) is 1.90. The van der Waals surface area contributed by atoms with Crippen LogP contribution in [-0.4, -0.2) is 12.0 Å². The smallest absolute Gasteiger partial charge is 0.143 e. The normalized spacial score (nSPS) is 23.4. The van der Waals surface area contributed by atoms with Crippen molar-refractivity contribution < 1.29 is 0 Å². The van der Waals surface area contributed by atoms with Gasteiger partial charge in [0.1, 0.15) is 11.9 Å². The summed E-state index contributed by atoms with van der Waals surface area (Å²) in [6.45, 7) is 4.48. The number of pyridine rings is 1. The molecule has 0 aromatic carbocycles. The Morgan fingerprint density at radius 2 is 2.25 bits per heavy atom. The largest absolute Gasteiger partial charge is 0.372 e. The fraction of sp³-hybridized carbons (Fsp3) is 0.538. The minimum atomic E-state index is 0.499. The quantitative estimate of drug-likeness (QED) is 0.783. The lowest BCUT2D eigenvalue weighted by atomic mass is 9.81. The van der Waals surface area contributed by atoms with Gasteiger partial charge in [-0.3, -0.25) is 0 Å². The molecular weight excluding hydrogens is 198 g/mol. The highest BCUT2D eigenvalue weighted by Crippen LogP contribution is 2.34. The van der Waals surface area contributed by atoms with Crippen LogP contribution in [0.4, 0.5) is 5.82 Å². The van der Waals surface area contributed by atoms with Crippen LogP contribution in [0, 0.1) is 17.2 Å². The van der Waals surface area contributed by atoms with Crippen LogP contribution in [0.15, 0.2) is 6.07 Å². The van der Waals surface area contributed by atoms with E-state index in [0.717, 1.165) is 6.42 Å². The number of hydrogen-bond acceptors (Lipinski definition) is 3. The number of fused-ring (bicyclic) bond motifs is 1. The number of aromatic nitrogens is 1. The van der Waals surface area contributed by atoms with Crippen LogP contribution < -0.4 is 5.32 Å². The fourth-order valence-electron chi connectivity index (χ4n) is 2.61. The van der Waals surface area contributed by atoms with Gasteiger partial charge in [0.15, 0.2) is 0 Å². The Labute approximate surface area is 96.5 Å². The van der Waals surface area contributed by atoms with E-state index in [1.807, 2.05) is 13.1 Å². The molecule has 84 valence electrons. The van der Waals surface area contributed by atoms with Gasteiger partial charge in [-0.1, -0.05) is 13.8 Å². The molecule has 2 atom stereocenters. The van der Waals surface area contributed by atoms with E-state index < -0.39 is 0 Å². The maximum Gasteiger partial charge on any atom is 0.143 e. The number of hydrogen-bond donors (Lipinski definition) is 1. The van der Waals surface area contributed by atoms with E-state index >= 15 is 0 Å². The third-order valence-electron chi connectivity index (χ3n) is 3.28. The Kier molecular flexibility index (Phi) is 2.82. The highest BCUT2D eigenvalue weighted by Gasteiger charge is 2.24. The number of nitrogens with zero attached hydrogens (tertiary/aromatic N) is 2. The lowest BCUT2D eigenvalue weighted by Crippen LogP contribution is -2.17. The number of nitriles is 1. The lowest BCUT2D eigenvalue weighted by Gasteiger charge is -2.27. The van der Waals surface area contributed by atoms with Gasteiger partial charge in [-0.2, -0.15) is 5.26 Å². The zero-order valence-electron chi connectivity index (χ0n) is 10.0. The van der Waals surface area contributed by atoms with Crippen molar-refractivity contribution in [3.63, 3.8) is 0 Å². The number of rotatable bonds is 1. The summed E-state index contributed by atoms with van der Waals surface area (Å²) in [5.41, 5.74) is 3.07. The molecule has 0 saturated heterocycles. The highest BCUT2D eigenvalue weighted by atomic mass is 15.0. The van der Waals surface area contributed by atoms with Crippen LogP contribution in [0.5, 0.6) is 0 Å². The Bertz CT molecular complexity index is 445. The molecule has 2 unspecified atom stereocenters. The van der Waals surface area contributed by atoms with Gasteiger partial charge in [0.25, 0.3) is 0 Å². The van der Waals surface area contributed by atoms with Crippen LogP contribution in [0.25, 0.3) is 0 Å². The third-order valence-corrected chi connectivity index (χ3v) is 3.28. The van der Waals surface area contributed by atoms with Crippen molar-refractivity contribution in [3.05, 3.63) is 22.9 Å². The van der Waals surface area contributed by atoms with E-state index in [2.05, 4.69) is 30.2 Å². The summed E-state index contributed by atoms with van der Waals surface area (Å²) >= 11 is 0. The van der Waals surface area contributed by atoms with Crippen molar-refractivity contribution in [1.29, 1.82) is 5.26 Å². The Morgan fingerprint density at radius 1 is 1.50 bits per heavy atom. The summed E-state index contributed by atoms with van der Waals surface area (Å²) < 4.78 is 0. The van der Waals surface area contributed by atoms with Crippen molar-refractivity contribution >= 4 is 5.82 Å². The van der Waals surface area contributed by atoms with Crippen molar-refractivity contribution in [1.82, 2.24) is 4.98 Å². The maximum absolute atomic E-state index is 9.05. The third kappa shape index (κ3) is 1.76. The Hall–Kier alpha value is -1.56. The van der Waals surface area contributed by atoms with Gasteiger partial charge in [0, 0.05) is 12.7 Å². The van der Waals surface area contributed by atoms with E-state index in [4.69, 9.17) is 5.26 Å². The molecule has 3 nitrogen and oxygen atoms in total. The van der Waals surface area contributed by atoms with Gasteiger partial charge < -0.3 is 5.32 Å². The minimum absolute atomic E-state index is 0.499. The van der Waals surface area contributed by atoms with Gasteiger partial charge in [0.05, 0.1) is 5.56 Å². The molecule has 0 saturated carbocycles. The van der Waals surface area contributed by atoms with Gasteiger partial charge in [-0.15, -0.1) is 0 Å². The Balaban J connectivity index is 2.53. The highest BCUT2D eigenvalue weighted by molar-refractivity contribution is 5.54. The average Bonchev–Trinajstić information content (AvgIpc) is 2.27. The molecule has 3 heteroatoms. The topological polar surface area (TPSA) is 48.7 Å². The second-order valence-corrected chi connectivity index (χ2v) is 4.74. The van der Waals surface area contributed by atoms with Gasteiger partial charge in [0.2, 0.25) is 0 Å². The summed E-state index contributed by atoms with van der Waals surface area (Å²) in [6.07, 6.45) is 2.24. The molecule has 2 rings (SSSR count). The van der Waals surface area contributed by atoms with E-state index in [9.17, 15) is 0 Å². The minimum Gasteiger partial charge on any atom is -0.372 e. The van der Waals surface area contributed by atoms with Gasteiger partial charge >= 0.3 is 0 Å². The summed E-state index contributed by atoms with van der Waals surface area (Å²) in [7, 11) is 1.81. The summed E-state index contributed by atoms with van der Waals surface area (Å²) in [4.78, 5) is 4.58. The van der Waals surface area contributed by atoms with Crippen molar-refractivity contribution in [2.75, 3.05) is 12.4 Å². The van der Waals surface area contributed by atoms with Gasteiger partial charge in [-0.25, -0.2) is 4.98 Å². The van der Waals surface area contributed by atoms with Crippen molar-refractivity contribution in [2.24, 2.45) is 5.92 Å². The predicted octanol–water partition coefficient (Wildman–Crippen LogP) is 2.68. The van der Waals surface area contributed by atoms with Crippen LogP contribution in [0.2, 0.25) is 0 Å². The van der Waals surface area contributed by atoms with E-state index in [1.165, 1.54) is 17.7 Å². The summed E-state index contributed by atoms with van der Waals surface area (Å²) in [6, 6.07) is 4.20. The molecule has 1 aromatic rings. The summed E-state index contributed by atoms with van der Waals surface area (Å²) in [5, 5.41) is 12.0. The molecule has 0 fully saturated rings. The predicted molar refractivity (Wildman–Crippen MR) is 64.4 cm³/mol. The van der Waals surface area contributed by atoms with Crippen LogP contribution in [0.1, 0.15) is 43.0 Å².